The number of allylic oxidation sites excluding steroid dienone is 4. The average Bonchev–Trinajstić information content (AvgIpc) is 3.07. The van der Waals surface area contributed by atoms with Crippen LogP contribution in [0.3, 0.4) is 0 Å². The van der Waals surface area contributed by atoms with Gasteiger partial charge in [-0.2, -0.15) is 0 Å². The Balaban J connectivity index is 1.80. The van der Waals surface area contributed by atoms with Gasteiger partial charge in [-0.1, -0.05) is 57.2 Å². The first-order valence-electron chi connectivity index (χ1n) is 12.8. The van der Waals surface area contributed by atoms with Gasteiger partial charge in [0, 0.05) is 12.3 Å². The van der Waals surface area contributed by atoms with Crippen LogP contribution in [0.5, 0.6) is 0 Å². The Hall–Kier alpha value is -1.16. The minimum Gasteiger partial charge on any atom is -0.393 e. The van der Waals surface area contributed by atoms with Crippen molar-refractivity contribution in [1.82, 2.24) is 0 Å². The van der Waals surface area contributed by atoms with Crippen molar-refractivity contribution in [2.75, 3.05) is 0 Å². The smallest absolute Gasteiger partial charge is 0.0811 e. The summed E-state index contributed by atoms with van der Waals surface area (Å²) in [7, 11) is 0. The monoisotopic (exact) mass is 442 g/mol. The molecule has 3 saturated carbocycles. The molecule has 0 heterocycles. The Labute approximate surface area is 196 Å². The minimum atomic E-state index is -0.685. The fourth-order valence-electron chi connectivity index (χ4n) is 6.55. The standard InChI is InChI=1S/C29H46O3/c1-7-21(11-10-19(2)28(4,5)32)25-14-15-26-22(9-8-16-29(25,26)6)12-13-23-17-24(30)18-27(31)20(23)3/h10-13,19,21,24-27,30-32H,3,7-9,14-18H2,1-2,4-6H3/b11-10?,22-12+,23-13-/t19-,21+,24+,25+,26-,27-,29+/m0/s1. The molecule has 0 bridgehead atoms. The van der Waals surface area contributed by atoms with E-state index in [1.54, 1.807) is 5.57 Å². The summed E-state index contributed by atoms with van der Waals surface area (Å²) < 4.78 is 0. The summed E-state index contributed by atoms with van der Waals surface area (Å²) in [6.45, 7) is 14.8. The SMILES string of the molecule is C=C1/C(=C\C=C2/CCC[C@]3(C)[C@@H]([C@@H](C=C[C@H](C)C(C)(C)O)CC)CC[C@@H]23)C[C@@H](O)C[C@@H]1O. The molecule has 3 fully saturated rings. The van der Waals surface area contributed by atoms with E-state index in [1.165, 1.54) is 25.7 Å². The van der Waals surface area contributed by atoms with Gasteiger partial charge >= 0.3 is 0 Å². The molecule has 3 aliphatic rings. The van der Waals surface area contributed by atoms with Gasteiger partial charge in [0.15, 0.2) is 0 Å². The Morgan fingerprint density at radius 2 is 1.91 bits per heavy atom. The topological polar surface area (TPSA) is 60.7 Å². The first-order chi connectivity index (χ1) is 15.0. The highest BCUT2D eigenvalue weighted by Gasteiger charge is 2.50. The van der Waals surface area contributed by atoms with Crippen molar-refractivity contribution < 1.29 is 15.3 Å². The van der Waals surface area contributed by atoms with E-state index in [0.29, 0.717) is 36.0 Å². The molecule has 0 aromatic carbocycles. The third-order valence-corrected chi connectivity index (χ3v) is 9.05. The first kappa shape index (κ1) is 25.5. The van der Waals surface area contributed by atoms with Crippen molar-refractivity contribution in [2.24, 2.45) is 29.1 Å². The zero-order chi connectivity index (χ0) is 23.7. The fraction of sp³-hybridized carbons (Fsp3) is 0.724. The van der Waals surface area contributed by atoms with E-state index in [9.17, 15) is 15.3 Å². The van der Waals surface area contributed by atoms with Gasteiger partial charge in [0.25, 0.3) is 0 Å². The molecular formula is C29H46O3. The van der Waals surface area contributed by atoms with Crippen LogP contribution in [-0.2, 0) is 0 Å². The van der Waals surface area contributed by atoms with Crippen LogP contribution in [0, 0.1) is 29.1 Å². The van der Waals surface area contributed by atoms with E-state index in [1.807, 2.05) is 13.8 Å². The lowest BCUT2D eigenvalue weighted by Crippen LogP contribution is -2.36. The fourth-order valence-corrected chi connectivity index (χ4v) is 6.55. The van der Waals surface area contributed by atoms with E-state index < -0.39 is 17.8 Å². The molecule has 7 atom stereocenters. The van der Waals surface area contributed by atoms with Crippen molar-refractivity contribution in [1.29, 1.82) is 0 Å². The van der Waals surface area contributed by atoms with Crippen molar-refractivity contribution in [3.8, 4) is 0 Å². The van der Waals surface area contributed by atoms with E-state index in [-0.39, 0.29) is 5.92 Å². The normalized spacial score (nSPS) is 38.4. The molecule has 3 rings (SSSR count). The maximum atomic E-state index is 10.3. The highest BCUT2D eigenvalue weighted by molar-refractivity contribution is 5.38. The summed E-state index contributed by atoms with van der Waals surface area (Å²) in [6, 6.07) is 0. The van der Waals surface area contributed by atoms with Crippen LogP contribution in [-0.4, -0.2) is 33.1 Å². The summed E-state index contributed by atoms with van der Waals surface area (Å²) in [5.41, 5.74) is 2.94. The predicted octanol–water partition coefficient (Wildman–Crippen LogP) is 6.12. The van der Waals surface area contributed by atoms with Gasteiger partial charge in [-0.15, -0.1) is 0 Å². The van der Waals surface area contributed by atoms with E-state index in [4.69, 9.17) is 0 Å². The number of rotatable bonds is 6. The molecular weight excluding hydrogens is 396 g/mol. The largest absolute Gasteiger partial charge is 0.393 e. The third-order valence-electron chi connectivity index (χ3n) is 9.05. The maximum Gasteiger partial charge on any atom is 0.0811 e. The molecule has 0 aliphatic heterocycles. The molecule has 3 aliphatic carbocycles. The van der Waals surface area contributed by atoms with E-state index in [0.717, 1.165) is 24.0 Å². The molecule has 0 aromatic heterocycles. The summed E-state index contributed by atoms with van der Waals surface area (Å²) >= 11 is 0. The Morgan fingerprint density at radius 1 is 1.19 bits per heavy atom. The first-order valence-corrected chi connectivity index (χ1v) is 12.8. The zero-order valence-corrected chi connectivity index (χ0v) is 21.0. The lowest BCUT2D eigenvalue weighted by Gasteiger charge is -2.44. The van der Waals surface area contributed by atoms with Gasteiger partial charge in [-0.3, -0.25) is 0 Å². The van der Waals surface area contributed by atoms with Gasteiger partial charge in [-0.05, 0) is 93.1 Å². The molecule has 0 saturated heterocycles. The van der Waals surface area contributed by atoms with E-state index in [2.05, 4.69) is 51.7 Å². The molecule has 3 heteroatoms. The summed E-state index contributed by atoms with van der Waals surface area (Å²) in [5.74, 6) is 1.98. The van der Waals surface area contributed by atoms with Crippen LogP contribution < -0.4 is 0 Å². The molecule has 180 valence electrons. The highest BCUT2D eigenvalue weighted by Crippen LogP contribution is 2.60. The summed E-state index contributed by atoms with van der Waals surface area (Å²) in [4.78, 5) is 0. The zero-order valence-electron chi connectivity index (χ0n) is 21.0. The molecule has 32 heavy (non-hydrogen) atoms. The molecule has 0 aromatic rings. The van der Waals surface area contributed by atoms with Crippen LogP contribution in [0.2, 0.25) is 0 Å². The molecule has 0 spiro atoms. The van der Waals surface area contributed by atoms with Crippen LogP contribution in [0.15, 0.2) is 47.6 Å². The number of aliphatic hydroxyl groups is 3. The maximum absolute atomic E-state index is 10.3. The second-order valence-corrected chi connectivity index (χ2v) is 11.6. The predicted molar refractivity (Wildman–Crippen MR) is 133 cm³/mol. The number of hydrogen-bond acceptors (Lipinski definition) is 3. The van der Waals surface area contributed by atoms with Crippen LogP contribution in [0.1, 0.15) is 86.0 Å². The number of hydrogen-bond donors (Lipinski definition) is 3. The molecule has 3 N–H and O–H groups in total. The molecule has 0 unspecified atom stereocenters. The van der Waals surface area contributed by atoms with Gasteiger partial charge in [0.05, 0.1) is 17.8 Å². The van der Waals surface area contributed by atoms with Crippen molar-refractivity contribution in [2.45, 2.75) is 104 Å². The van der Waals surface area contributed by atoms with Crippen LogP contribution in [0.4, 0.5) is 0 Å². The Kier molecular flexibility index (Phi) is 7.95. The average molecular weight is 443 g/mol. The van der Waals surface area contributed by atoms with Crippen molar-refractivity contribution >= 4 is 0 Å². The van der Waals surface area contributed by atoms with Crippen LogP contribution >= 0.6 is 0 Å². The van der Waals surface area contributed by atoms with Gasteiger partial charge in [-0.25, -0.2) is 0 Å². The van der Waals surface area contributed by atoms with Gasteiger partial charge < -0.3 is 15.3 Å². The summed E-state index contributed by atoms with van der Waals surface area (Å²) in [5, 5.41) is 30.6. The lowest BCUT2D eigenvalue weighted by molar-refractivity contribution is 0.0435. The molecule has 0 amide bonds. The van der Waals surface area contributed by atoms with Crippen molar-refractivity contribution in [3.63, 3.8) is 0 Å². The molecule has 0 radical (unpaired) electrons. The quantitative estimate of drug-likeness (QED) is 0.435. The lowest BCUT2D eigenvalue weighted by atomic mass is 9.60. The van der Waals surface area contributed by atoms with Crippen molar-refractivity contribution in [3.05, 3.63) is 47.6 Å². The third kappa shape index (κ3) is 5.32. The van der Waals surface area contributed by atoms with Gasteiger partial charge in [0.2, 0.25) is 0 Å². The Bertz CT molecular complexity index is 768. The van der Waals surface area contributed by atoms with Gasteiger partial charge in [0.1, 0.15) is 0 Å². The second-order valence-electron chi connectivity index (χ2n) is 11.6. The Morgan fingerprint density at radius 3 is 2.56 bits per heavy atom. The number of fused-ring (bicyclic) bond motifs is 1. The number of aliphatic hydroxyl groups excluding tert-OH is 2. The minimum absolute atomic E-state index is 0.143. The second kappa shape index (κ2) is 9.99. The molecule has 3 nitrogen and oxygen atoms in total. The highest BCUT2D eigenvalue weighted by atomic mass is 16.3. The summed E-state index contributed by atoms with van der Waals surface area (Å²) in [6.07, 6.45) is 16.2. The van der Waals surface area contributed by atoms with Crippen LogP contribution in [0.25, 0.3) is 0 Å². The van der Waals surface area contributed by atoms with E-state index >= 15 is 0 Å².